The summed E-state index contributed by atoms with van der Waals surface area (Å²) in [4.78, 5) is 4.17. The van der Waals surface area contributed by atoms with Crippen molar-refractivity contribution in [2.75, 3.05) is 14.2 Å². The van der Waals surface area contributed by atoms with Crippen molar-refractivity contribution in [2.24, 2.45) is 7.05 Å². The predicted molar refractivity (Wildman–Crippen MR) is 75.8 cm³/mol. The molecule has 0 unspecified atom stereocenters. The van der Waals surface area contributed by atoms with Crippen LogP contribution in [0.4, 0.5) is 0 Å². The predicted octanol–water partition coefficient (Wildman–Crippen LogP) is 1.43. The lowest BCUT2D eigenvalue weighted by Gasteiger charge is -2.07. The number of pyridine rings is 1. The molecule has 0 saturated carbocycles. The van der Waals surface area contributed by atoms with Gasteiger partial charge in [0.05, 0.1) is 25.5 Å². The highest BCUT2D eigenvalue weighted by atomic mass is 16.5. The number of hydrogen-bond acceptors (Lipinski definition) is 5. The van der Waals surface area contributed by atoms with Crippen LogP contribution in [0.1, 0.15) is 16.8 Å². The summed E-state index contributed by atoms with van der Waals surface area (Å²) in [6, 6.07) is 3.85. The Hall–Kier alpha value is -2.08. The molecule has 20 heavy (non-hydrogen) atoms. The van der Waals surface area contributed by atoms with Gasteiger partial charge in [-0.3, -0.25) is 0 Å². The molecule has 2 heterocycles. The molecule has 0 aliphatic carbocycles. The van der Waals surface area contributed by atoms with Gasteiger partial charge in [0.1, 0.15) is 0 Å². The van der Waals surface area contributed by atoms with E-state index in [1.807, 2.05) is 26.1 Å². The van der Waals surface area contributed by atoms with E-state index in [4.69, 9.17) is 9.47 Å². The molecule has 0 amide bonds. The van der Waals surface area contributed by atoms with Crippen molar-refractivity contribution < 1.29 is 9.47 Å². The molecule has 0 fully saturated rings. The standard InChI is InChI=1S/C14H20N4O2/c1-10-12(14(20-4)18(2)17-10)9-15-7-11-5-6-13(19-3)16-8-11/h5-6,8,15H,7,9H2,1-4H3. The van der Waals surface area contributed by atoms with Gasteiger partial charge in [-0.25, -0.2) is 9.67 Å². The van der Waals surface area contributed by atoms with Gasteiger partial charge in [-0.15, -0.1) is 0 Å². The Bertz CT molecular complexity index is 563. The summed E-state index contributed by atoms with van der Waals surface area (Å²) in [5, 5.41) is 7.72. The maximum atomic E-state index is 5.36. The highest BCUT2D eigenvalue weighted by Gasteiger charge is 2.12. The van der Waals surface area contributed by atoms with Gasteiger partial charge in [-0.1, -0.05) is 6.07 Å². The number of ether oxygens (including phenoxy) is 2. The lowest BCUT2D eigenvalue weighted by molar-refractivity contribution is 0.368. The molecule has 2 aromatic rings. The third-order valence-electron chi connectivity index (χ3n) is 3.12. The molecule has 108 valence electrons. The number of nitrogens with zero attached hydrogens (tertiary/aromatic N) is 3. The molecule has 2 rings (SSSR count). The van der Waals surface area contributed by atoms with Crippen LogP contribution in [0.2, 0.25) is 0 Å². The topological polar surface area (TPSA) is 61.2 Å². The molecule has 0 spiro atoms. The summed E-state index contributed by atoms with van der Waals surface area (Å²) in [5.41, 5.74) is 3.16. The van der Waals surface area contributed by atoms with Crippen LogP contribution in [0.25, 0.3) is 0 Å². The van der Waals surface area contributed by atoms with Crippen LogP contribution >= 0.6 is 0 Å². The highest BCUT2D eigenvalue weighted by molar-refractivity contribution is 5.30. The largest absolute Gasteiger partial charge is 0.481 e. The molecule has 0 aliphatic rings. The lowest BCUT2D eigenvalue weighted by atomic mass is 10.2. The fourth-order valence-corrected chi connectivity index (χ4v) is 2.11. The van der Waals surface area contributed by atoms with Gasteiger partial charge in [-0.2, -0.15) is 5.10 Å². The second-order valence-electron chi connectivity index (χ2n) is 4.51. The van der Waals surface area contributed by atoms with Gasteiger partial charge in [0, 0.05) is 32.4 Å². The molecule has 0 aromatic carbocycles. The van der Waals surface area contributed by atoms with Gasteiger partial charge in [-0.05, 0) is 12.5 Å². The number of aromatic nitrogens is 3. The number of nitrogens with one attached hydrogen (secondary N) is 1. The van der Waals surface area contributed by atoms with E-state index < -0.39 is 0 Å². The highest BCUT2D eigenvalue weighted by Crippen LogP contribution is 2.20. The number of aryl methyl sites for hydroxylation is 2. The average Bonchev–Trinajstić information content (AvgIpc) is 2.73. The molecule has 0 radical (unpaired) electrons. The molecule has 1 N–H and O–H groups in total. The first-order valence-corrected chi connectivity index (χ1v) is 6.41. The van der Waals surface area contributed by atoms with Crippen LogP contribution in [0.3, 0.4) is 0 Å². The minimum Gasteiger partial charge on any atom is -0.481 e. The van der Waals surface area contributed by atoms with E-state index in [0.717, 1.165) is 29.2 Å². The Kier molecular flexibility index (Phi) is 4.57. The first-order valence-electron chi connectivity index (χ1n) is 6.41. The fourth-order valence-electron chi connectivity index (χ4n) is 2.11. The second-order valence-corrected chi connectivity index (χ2v) is 4.51. The Balaban J connectivity index is 1.95. The van der Waals surface area contributed by atoms with E-state index in [2.05, 4.69) is 15.4 Å². The molecule has 2 aromatic heterocycles. The number of methoxy groups -OCH3 is 2. The van der Waals surface area contributed by atoms with Crippen molar-refractivity contribution in [3.8, 4) is 11.8 Å². The van der Waals surface area contributed by atoms with Crippen molar-refractivity contribution >= 4 is 0 Å². The molecule has 0 saturated heterocycles. The van der Waals surface area contributed by atoms with Crippen molar-refractivity contribution in [3.05, 3.63) is 35.2 Å². The minimum absolute atomic E-state index is 0.624. The van der Waals surface area contributed by atoms with Crippen molar-refractivity contribution in [3.63, 3.8) is 0 Å². The quantitative estimate of drug-likeness (QED) is 0.865. The Morgan fingerprint density at radius 2 is 2.00 bits per heavy atom. The van der Waals surface area contributed by atoms with Crippen molar-refractivity contribution in [1.82, 2.24) is 20.1 Å². The zero-order valence-electron chi connectivity index (χ0n) is 12.3. The monoisotopic (exact) mass is 276 g/mol. The molecular weight excluding hydrogens is 256 g/mol. The van der Waals surface area contributed by atoms with Gasteiger partial charge in [0.2, 0.25) is 11.8 Å². The van der Waals surface area contributed by atoms with E-state index in [0.29, 0.717) is 12.4 Å². The summed E-state index contributed by atoms with van der Waals surface area (Å²) in [6.07, 6.45) is 1.80. The van der Waals surface area contributed by atoms with Crippen LogP contribution in [-0.4, -0.2) is 29.0 Å². The Labute approximate surface area is 118 Å². The summed E-state index contributed by atoms with van der Waals surface area (Å²) < 4.78 is 12.1. The van der Waals surface area contributed by atoms with Gasteiger partial charge in [0.15, 0.2) is 0 Å². The van der Waals surface area contributed by atoms with E-state index in [1.54, 1.807) is 25.1 Å². The van der Waals surface area contributed by atoms with Crippen molar-refractivity contribution in [2.45, 2.75) is 20.0 Å². The summed E-state index contributed by atoms with van der Waals surface area (Å²) in [7, 11) is 5.15. The Morgan fingerprint density at radius 1 is 1.20 bits per heavy atom. The van der Waals surface area contributed by atoms with Crippen LogP contribution in [-0.2, 0) is 20.1 Å². The van der Waals surface area contributed by atoms with Gasteiger partial charge < -0.3 is 14.8 Å². The Morgan fingerprint density at radius 3 is 2.60 bits per heavy atom. The normalized spacial score (nSPS) is 10.6. The van der Waals surface area contributed by atoms with E-state index in [-0.39, 0.29) is 0 Å². The number of hydrogen-bond donors (Lipinski definition) is 1. The first-order chi connectivity index (χ1) is 9.65. The van der Waals surface area contributed by atoms with E-state index in [1.165, 1.54) is 0 Å². The molecule has 6 heteroatoms. The van der Waals surface area contributed by atoms with Crippen LogP contribution in [0.15, 0.2) is 18.3 Å². The zero-order valence-corrected chi connectivity index (χ0v) is 12.3. The number of rotatable bonds is 6. The smallest absolute Gasteiger partial charge is 0.216 e. The molecule has 6 nitrogen and oxygen atoms in total. The molecule has 0 aliphatic heterocycles. The molecular formula is C14H20N4O2. The van der Waals surface area contributed by atoms with Crippen LogP contribution in [0, 0.1) is 6.92 Å². The zero-order chi connectivity index (χ0) is 14.5. The summed E-state index contributed by atoms with van der Waals surface area (Å²) in [6.45, 7) is 3.41. The molecule has 0 bridgehead atoms. The van der Waals surface area contributed by atoms with Gasteiger partial charge >= 0.3 is 0 Å². The SMILES string of the molecule is COc1ccc(CNCc2c(C)nn(C)c2OC)cn1. The summed E-state index contributed by atoms with van der Waals surface area (Å²) >= 11 is 0. The maximum absolute atomic E-state index is 5.36. The third-order valence-corrected chi connectivity index (χ3v) is 3.12. The summed E-state index contributed by atoms with van der Waals surface area (Å²) in [5.74, 6) is 1.42. The van der Waals surface area contributed by atoms with E-state index >= 15 is 0 Å². The van der Waals surface area contributed by atoms with Crippen LogP contribution in [0.5, 0.6) is 11.8 Å². The van der Waals surface area contributed by atoms with Crippen molar-refractivity contribution in [1.29, 1.82) is 0 Å². The van der Waals surface area contributed by atoms with Crippen LogP contribution < -0.4 is 14.8 Å². The first kappa shape index (κ1) is 14.3. The van der Waals surface area contributed by atoms with E-state index in [9.17, 15) is 0 Å². The minimum atomic E-state index is 0.624. The third kappa shape index (κ3) is 3.08. The average molecular weight is 276 g/mol. The second kappa shape index (κ2) is 6.38. The fraction of sp³-hybridized carbons (Fsp3) is 0.429. The maximum Gasteiger partial charge on any atom is 0.216 e. The van der Waals surface area contributed by atoms with Gasteiger partial charge in [0.25, 0.3) is 0 Å². The lowest BCUT2D eigenvalue weighted by Crippen LogP contribution is -2.14. The molecule has 0 atom stereocenters.